The van der Waals surface area contributed by atoms with Crippen molar-refractivity contribution in [2.45, 2.75) is 44.4 Å². The molecular weight excluding hydrogens is 254 g/mol. The number of likely N-dealkylation sites (tertiary alicyclic amines) is 1. The van der Waals surface area contributed by atoms with E-state index < -0.39 is 6.10 Å². The fraction of sp³-hybridized carbons (Fsp3) is 0.562. The van der Waals surface area contributed by atoms with Crippen molar-refractivity contribution in [1.29, 1.82) is 0 Å². The topological polar surface area (TPSA) is 49.8 Å². The number of ether oxygens (including phenoxy) is 1. The maximum Gasteiger partial charge on any atom is 0.308 e. The standard InChI is InChI=1S/C16H23NO3/c1-20-16(19)11-15(18)14-9-5-6-10-17(14)12-13-7-3-2-4-8-13/h2-4,7-8,14-15,18H,5-6,9-12H2,1H3/t14-,15+/m0/s1. The van der Waals surface area contributed by atoms with E-state index >= 15 is 0 Å². The number of methoxy groups -OCH3 is 1. The summed E-state index contributed by atoms with van der Waals surface area (Å²) in [5, 5.41) is 10.3. The zero-order valence-electron chi connectivity index (χ0n) is 12.0. The maximum atomic E-state index is 11.3. The SMILES string of the molecule is COC(=O)C[C@@H](O)[C@@H]1CCCCN1Cc1ccccc1. The average molecular weight is 277 g/mol. The van der Waals surface area contributed by atoms with Gasteiger partial charge in [0, 0.05) is 12.6 Å². The first-order valence-electron chi connectivity index (χ1n) is 7.23. The molecule has 1 aromatic rings. The van der Waals surface area contributed by atoms with Gasteiger partial charge in [-0.25, -0.2) is 0 Å². The van der Waals surface area contributed by atoms with Crippen LogP contribution in [0.1, 0.15) is 31.2 Å². The quantitative estimate of drug-likeness (QED) is 0.836. The van der Waals surface area contributed by atoms with Gasteiger partial charge in [0.25, 0.3) is 0 Å². The van der Waals surface area contributed by atoms with Crippen molar-refractivity contribution >= 4 is 5.97 Å². The van der Waals surface area contributed by atoms with Crippen LogP contribution in [0, 0.1) is 0 Å². The van der Waals surface area contributed by atoms with Crippen LogP contribution in [0.15, 0.2) is 30.3 Å². The van der Waals surface area contributed by atoms with Crippen LogP contribution in [-0.2, 0) is 16.1 Å². The number of piperidine rings is 1. The van der Waals surface area contributed by atoms with Gasteiger partial charge in [0.15, 0.2) is 0 Å². The Labute approximate surface area is 120 Å². The lowest BCUT2D eigenvalue weighted by molar-refractivity contribution is -0.144. The Hall–Kier alpha value is -1.39. The van der Waals surface area contributed by atoms with Crippen LogP contribution < -0.4 is 0 Å². The van der Waals surface area contributed by atoms with E-state index in [9.17, 15) is 9.90 Å². The average Bonchev–Trinajstić information content (AvgIpc) is 2.48. The summed E-state index contributed by atoms with van der Waals surface area (Å²) in [6.45, 7) is 1.79. The van der Waals surface area contributed by atoms with Gasteiger partial charge in [-0.3, -0.25) is 9.69 Å². The first-order chi connectivity index (χ1) is 9.70. The zero-order chi connectivity index (χ0) is 14.4. The molecule has 0 unspecified atom stereocenters. The molecule has 2 atom stereocenters. The largest absolute Gasteiger partial charge is 0.469 e. The Morgan fingerprint density at radius 1 is 1.40 bits per heavy atom. The third kappa shape index (κ3) is 4.05. The molecule has 0 aliphatic carbocycles. The Morgan fingerprint density at radius 3 is 2.85 bits per heavy atom. The Bertz CT molecular complexity index is 421. The molecule has 0 radical (unpaired) electrons. The molecule has 0 amide bonds. The number of aliphatic hydroxyl groups is 1. The normalized spacial score (nSPS) is 21.4. The van der Waals surface area contributed by atoms with Gasteiger partial charge < -0.3 is 9.84 Å². The molecule has 0 bridgehead atoms. The monoisotopic (exact) mass is 277 g/mol. The van der Waals surface area contributed by atoms with Crippen LogP contribution in [0.5, 0.6) is 0 Å². The minimum atomic E-state index is -0.647. The molecule has 0 aromatic heterocycles. The van der Waals surface area contributed by atoms with E-state index in [2.05, 4.69) is 21.8 Å². The molecule has 1 heterocycles. The van der Waals surface area contributed by atoms with Gasteiger partial charge in [-0.05, 0) is 24.9 Å². The van der Waals surface area contributed by atoms with Crippen LogP contribution in [0.25, 0.3) is 0 Å². The number of benzene rings is 1. The van der Waals surface area contributed by atoms with E-state index in [-0.39, 0.29) is 18.4 Å². The predicted molar refractivity (Wildman–Crippen MR) is 77.1 cm³/mol. The third-order valence-corrected chi connectivity index (χ3v) is 3.94. The highest BCUT2D eigenvalue weighted by Gasteiger charge is 2.30. The van der Waals surface area contributed by atoms with Crippen molar-refractivity contribution in [2.75, 3.05) is 13.7 Å². The van der Waals surface area contributed by atoms with Crippen molar-refractivity contribution in [3.63, 3.8) is 0 Å². The number of hydrogen-bond donors (Lipinski definition) is 1. The van der Waals surface area contributed by atoms with Crippen molar-refractivity contribution in [3.8, 4) is 0 Å². The van der Waals surface area contributed by atoms with Crippen molar-refractivity contribution in [2.24, 2.45) is 0 Å². The summed E-state index contributed by atoms with van der Waals surface area (Å²) >= 11 is 0. The van der Waals surface area contributed by atoms with E-state index in [0.717, 1.165) is 32.4 Å². The molecule has 110 valence electrons. The highest BCUT2D eigenvalue weighted by atomic mass is 16.5. The van der Waals surface area contributed by atoms with Gasteiger partial charge in [-0.15, -0.1) is 0 Å². The fourth-order valence-electron chi connectivity index (χ4n) is 2.86. The molecule has 0 saturated carbocycles. The summed E-state index contributed by atoms with van der Waals surface area (Å²) in [4.78, 5) is 13.6. The number of esters is 1. The molecule has 4 nitrogen and oxygen atoms in total. The molecule has 1 saturated heterocycles. The summed E-state index contributed by atoms with van der Waals surface area (Å²) in [5.41, 5.74) is 1.24. The minimum absolute atomic E-state index is 0.0445. The highest BCUT2D eigenvalue weighted by molar-refractivity contribution is 5.69. The molecule has 0 spiro atoms. The summed E-state index contributed by atoms with van der Waals surface area (Å²) in [7, 11) is 1.36. The van der Waals surface area contributed by atoms with Gasteiger partial charge >= 0.3 is 5.97 Å². The number of carbonyl (C=O) groups is 1. The number of aliphatic hydroxyl groups excluding tert-OH is 1. The van der Waals surface area contributed by atoms with Crippen molar-refractivity contribution in [3.05, 3.63) is 35.9 Å². The lowest BCUT2D eigenvalue weighted by Crippen LogP contribution is -2.47. The second-order valence-electron chi connectivity index (χ2n) is 5.37. The van der Waals surface area contributed by atoms with Crippen molar-refractivity contribution in [1.82, 2.24) is 4.90 Å². The summed E-state index contributed by atoms with van der Waals surface area (Å²) in [5.74, 6) is -0.345. The third-order valence-electron chi connectivity index (χ3n) is 3.94. The summed E-state index contributed by atoms with van der Waals surface area (Å²) in [6.07, 6.45) is 2.62. The Balaban J connectivity index is 1.99. The molecule has 2 rings (SSSR count). The highest BCUT2D eigenvalue weighted by Crippen LogP contribution is 2.23. The van der Waals surface area contributed by atoms with E-state index in [0.29, 0.717) is 0 Å². The number of carbonyl (C=O) groups excluding carboxylic acids is 1. The lowest BCUT2D eigenvalue weighted by atomic mass is 9.95. The first-order valence-corrected chi connectivity index (χ1v) is 7.23. The summed E-state index contributed by atoms with van der Waals surface area (Å²) in [6, 6.07) is 10.3. The van der Waals surface area contributed by atoms with E-state index in [1.54, 1.807) is 0 Å². The number of hydrogen-bond acceptors (Lipinski definition) is 4. The molecule has 1 aromatic carbocycles. The van der Waals surface area contributed by atoms with Gasteiger partial charge in [-0.1, -0.05) is 36.8 Å². The van der Waals surface area contributed by atoms with Crippen LogP contribution >= 0.6 is 0 Å². The Kier molecular flexibility index (Phi) is 5.56. The lowest BCUT2D eigenvalue weighted by Gasteiger charge is -2.38. The number of nitrogens with zero attached hydrogens (tertiary/aromatic N) is 1. The smallest absolute Gasteiger partial charge is 0.308 e. The molecule has 1 aliphatic rings. The number of rotatable bonds is 5. The van der Waals surface area contributed by atoms with Gasteiger partial charge in [0.2, 0.25) is 0 Å². The van der Waals surface area contributed by atoms with Gasteiger partial charge in [-0.2, -0.15) is 0 Å². The molecule has 20 heavy (non-hydrogen) atoms. The van der Waals surface area contributed by atoms with Crippen molar-refractivity contribution < 1.29 is 14.6 Å². The van der Waals surface area contributed by atoms with Crippen LogP contribution in [0.2, 0.25) is 0 Å². The molecule has 1 aliphatic heterocycles. The molecule has 1 fully saturated rings. The van der Waals surface area contributed by atoms with Crippen LogP contribution in [0.3, 0.4) is 0 Å². The maximum absolute atomic E-state index is 11.3. The predicted octanol–water partition coefficient (Wildman–Crippen LogP) is 1.97. The van der Waals surface area contributed by atoms with E-state index in [1.165, 1.54) is 12.7 Å². The van der Waals surface area contributed by atoms with E-state index in [1.807, 2.05) is 18.2 Å². The van der Waals surface area contributed by atoms with Gasteiger partial charge in [0.1, 0.15) is 0 Å². The zero-order valence-corrected chi connectivity index (χ0v) is 12.0. The minimum Gasteiger partial charge on any atom is -0.469 e. The molecular formula is C16H23NO3. The van der Waals surface area contributed by atoms with Crippen LogP contribution in [-0.4, -0.2) is 41.8 Å². The second-order valence-corrected chi connectivity index (χ2v) is 5.37. The Morgan fingerprint density at radius 2 is 2.15 bits per heavy atom. The fourth-order valence-corrected chi connectivity index (χ4v) is 2.86. The van der Waals surface area contributed by atoms with E-state index in [4.69, 9.17) is 0 Å². The van der Waals surface area contributed by atoms with Crippen LogP contribution in [0.4, 0.5) is 0 Å². The summed E-state index contributed by atoms with van der Waals surface area (Å²) < 4.78 is 4.65. The first kappa shape index (κ1) is 15.0. The molecule has 1 N–H and O–H groups in total. The molecule has 4 heteroatoms. The second kappa shape index (κ2) is 7.41. The van der Waals surface area contributed by atoms with Gasteiger partial charge in [0.05, 0.1) is 19.6 Å².